The Morgan fingerprint density at radius 3 is 2.25 bits per heavy atom. The molecule has 0 radical (unpaired) electrons. The normalized spacial score (nSPS) is 12.0. The third kappa shape index (κ3) is 3.97. The van der Waals surface area contributed by atoms with E-state index in [0.717, 1.165) is 6.54 Å². The summed E-state index contributed by atoms with van der Waals surface area (Å²) in [5, 5.41) is 0. The van der Waals surface area contributed by atoms with Crippen LogP contribution in [-0.4, -0.2) is 17.5 Å². The van der Waals surface area contributed by atoms with Crippen LogP contribution in [0.5, 0.6) is 0 Å². The maximum absolute atomic E-state index is 3.11. The van der Waals surface area contributed by atoms with Crippen molar-refractivity contribution in [1.29, 1.82) is 0 Å². The van der Waals surface area contributed by atoms with Crippen LogP contribution in [0, 0.1) is 0 Å². The van der Waals surface area contributed by atoms with E-state index in [1.165, 1.54) is 0 Å². The standard InChI is InChI=1S/C5H12INS/c1-5(2,8-3)4-7-6/h7H,4H2,1-3H3. The SMILES string of the molecule is CSC(C)(C)CNI. The number of hydrogen-bond acceptors (Lipinski definition) is 2. The van der Waals surface area contributed by atoms with Gasteiger partial charge in [0.25, 0.3) is 0 Å². The van der Waals surface area contributed by atoms with Gasteiger partial charge in [-0.3, -0.25) is 3.53 Å². The summed E-state index contributed by atoms with van der Waals surface area (Å²) in [6.45, 7) is 5.52. The van der Waals surface area contributed by atoms with Gasteiger partial charge in [-0.05, 0) is 20.1 Å². The van der Waals surface area contributed by atoms with Gasteiger partial charge in [-0.1, -0.05) is 0 Å². The molecule has 0 heterocycles. The molecule has 0 aliphatic carbocycles. The van der Waals surface area contributed by atoms with E-state index in [4.69, 9.17) is 0 Å². The first-order valence-corrected chi connectivity index (χ1v) is 4.81. The van der Waals surface area contributed by atoms with Gasteiger partial charge in [-0.25, -0.2) is 0 Å². The van der Waals surface area contributed by atoms with Crippen LogP contribution < -0.4 is 3.53 Å². The summed E-state index contributed by atoms with van der Waals surface area (Å²) in [7, 11) is 0. The molecule has 50 valence electrons. The van der Waals surface area contributed by atoms with Gasteiger partial charge in [0.15, 0.2) is 0 Å². The lowest BCUT2D eigenvalue weighted by atomic mass is 10.2. The predicted octanol–water partition coefficient (Wildman–Crippen LogP) is 2.07. The van der Waals surface area contributed by atoms with Gasteiger partial charge in [0.1, 0.15) is 0 Å². The minimum Gasteiger partial charge on any atom is -0.260 e. The highest BCUT2D eigenvalue weighted by Crippen LogP contribution is 2.19. The number of thioether (sulfide) groups is 1. The summed E-state index contributed by atoms with van der Waals surface area (Å²) < 4.78 is 3.50. The third-order valence-corrected chi connectivity index (χ3v) is 2.68. The van der Waals surface area contributed by atoms with Crippen LogP contribution in [0.3, 0.4) is 0 Å². The summed E-state index contributed by atoms with van der Waals surface area (Å²) >= 11 is 4.06. The molecule has 0 rings (SSSR count). The van der Waals surface area contributed by atoms with E-state index >= 15 is 0 Å². The summed E-state index contributed by atoms with van der Waals surface area (Å²) in [6, 6.07) is 0. The second-order valence-electron chi connectivity index (χ2n) is 2.27. The molecular formula is C5H12INS. The molecule has 0 saturated carbocycles. The van der Waals surface area contributed by atoms with Crippen LogP contribution in [0.15, 0.2) is 0 Å². The minimum absolute atomic E-state index is 0.390. The van der Waals surface area contributed by atoms with Crippen LogP contribution >= 0.6 is 34.6 Å². The lowest BCUT2D eigenvalue weighted by Crippen LogP contribution is -2.26. The highest BCUT2D eigenvalue weighted by Gasteiger charge is 2.13. The lowest BCUT2D eigenvalue weighted by Gasteiger charge is -2.19. The Morgan fingerprint density at radius 2 is 2.12 bits per heavy atom. The van der Waals surface area contributed by atoms with Crippen molar-refractivity contribution in [1.82, 2.24) is 3.53 Å². The van der Waals surface area contributed by atoms with E-state index in [9.17, 15) is 0 Å². The largest absolute Gasteiger partial charge is 0.260 e. The van der Waals surface area contributed by atoms with Gasteiger partial charge in [0, 0.05) is 34.2 Å². The average Bonchev–Trinajstić information content (AvgIpc) is 1.67. The smallest absolute Gasteiger partial charge is 0.0233 e. The van der Waals surface area contributed by atoms with Crippen molar-refractivity contribution in [2.45, 2.75) is 18.6 Å². The summed E-state index contributed by atoms with van der Waals surface area (Å²) in [5.41, 5.74) is 0. The first kappa shape index (κ1) is 9.04. The fourth-order valence-electron chi connectivity index (χ4n) is 0.233. The van der Waals surface area contributed by atoms with Crippen LogP contribution in [-0.2, 0) is 0 Å². The first-order chi connectivity index (χ1) is 3.62. The van der Waals surface area contributed by atoms with Crippen molar-refractivity contribution >= 4 is 34.6 Å². The molecule has 1 N–H and O–H groups in total. The molecule has 0 atom stereocenters. The minimum atomic E-state index is 0.390. The van der Waals surface area contributed by atoms with Crippen LogP contribution in [0.25, 0.3) is 0 Å². The highest BCUT2D eigenvalue weighted by atomic mass is 127. The van der Waals surface area contributed by atoms with E-state index in [0.29, 0.717) is 4.75 Å². The van der Waals surface area contributed by atoms with E-state index in [1.54, 1.807) is 0 Å². The van der Waals surface area contributed by atoms with Gasteiger partial charge in [-0.2, -0.15) is 11.8 Å². The molecule has 1 nitrogen and oxygen atoms in total. The van der Waals surface area contributed by atoms with Crippen LogP contribution in [0.4, 0.5) is 0 Å². The van der Waals surface area contributed by atoms with Gasteiger partial charge >= 0.3 is 0 Å². The Hall–Kier alpha value is 1.04. The Morgan fingerprint density at radius 1 is 1.62 bits per heavy atom. The third-order valence-electron chi connectivity index (χ3n) is 1.05. The van der Waals surface area contributed by atoms with E-state index in [-0.39, 0.29) is 0 Å². The maximum Gasteiger partial charge on any atom is 0.0233 e. The van der Waals surface area contributed by atoms with Crippen molar-refractivity contribution in [2.75, 3.05) is 12.8 Å². The van der Waals surface area contributed by atoms with Gasteiger partial charge in [-0.15, -0.1) is 0 Å². The molecule has 0 aromatic heterocycles. The van der Waals surface area contributed by atoms with Crippen LogP contribution in [0.1, 0.15) is 13.8 Å². The van der Waals surface area contributed by atoms with E-state index in [2.05, 4.69) is 46.5 Å². The van der Waals surface area contributed by atoms with Gasteiger partial charge < -0.3 is 0 Å². The molecule has 0 amide bonds. The monoisotopic (exact) mass is 245 g/mol. The number of nitrogens with one attached hydrogen (secondary N) is 1. The molecule has 0 aromatic rings. The van der Waals surface area contributed by atoms with Gasteiger partial charge in [0.2, 0.25) is 0 Å². The van der Waals surface area contributed by atoms with Gasteiger partial charge in [0.05, 0.1) is 0 Å². The topological polar surface area (TPSA) is 12.0 Å². The summed E-state index contributed by atoms with van der Waals surface area (Å²) in [5.74, 6) is 0. The average molecular weight is 245 g/mol. The van der Waals surface area contributed by atoms with Crippen molar-refractivity contribution in [3.05, 3.63) is 0 Å². The van der Waals surface area contributed by atoms with Crippen molar-refractivity contribution in [3.8, 4) is 0 Å². The molecule has 0 aliphatic rings. The lowest BCUT2D eigenvalue weighted by molar-refractivity contribution is 0.708. The molecule has 0 aliphatic heterocycles. The molecular weight excluding hydrogens is 233 g/mol. The molecule has 0 fully saturated rings. The fourth-order valence-corrected chi connectivity index (χ4v) is 1.66. The molecule has 0 aromatic carbocycles. The summed E-state index contributed by atoms with van der Waals surface area (Å²) in [6.07, 6.45) is 2.13. The van der Waals surface area contributed by atoms with Crippen molar-refractivity contribution < 1.29 is 0 Å². The Labute approximate surface area is 69.5 Å². The second-order valence-corrected chi connectivity index (χ2v) is 4.55. The number of hydrogen-bond donors (Lipinski definition) is 1. The molecule has 8 heavy (non-hydrogen) atoms. The Kier molecular flexibility index (Phi) is 4.47. The quantitative estimate of drug-likeness (QED) is 0.603. The Bertz CT molecular complexity index is 65.4. The zero-order valence-electron chi connectivity index (χ0n) is 5.49. The number of rotatable bonds is 3. The second kappa shape index (κ2) is 3.95. The molecule has 3 heteroatoms. The highest BCUT2D eigenvalue weighted by molar-refractivity contribution is 14.1. The molecule has 0 bridgehead atoms. The zero-order chi connectivity index (χ0) is 6.62. The molecule has 0 unspecified atom stereocenters. The van der Waals surface area contributed by atoms with E-state index in [1.807, 2.05) is 11.8 Å². The zero-order valence-corrected chi connectivity index (χ0v) is 8.47. The van der Waals surface area contributed by atoms with Crippen LogP contribution in [0.2, 0.25) is 0 Å². The first-order valence-electron chi connectivity index (χ1n) is 2.51. The van der Waals surface area contributed by atoms with Crippen molar-refractivity contribution in [2.24, 2.45) is 0 Å². The molecule has 0 spiro atoms. The summed E-state index contributed by atoms with van der Waals surface area (Å²) in [4.78, 5) is 0. The fraction of sp³-hybridized carbons (Fsp3) is 1.00. The Balaban J connectivity index is 3.37. The van der Waals surface area contributed by atoms with E-state index < -0.39 is 0 Å². The van der Waals surface area contributed by atoms with Crippen molar-refractivity contribution in [3.63, 3.8) is 0 Å². The maximum atomic E-state index is 3.11. The predicted molar refractivity (Wildman–Crippen MR) is 49.6 cm³/mol. The molecule has 0 saturated heterocycles. The number of halogens is 1.